The third kappa shape index (κ3) is 1.39. The van der Waals surface area contributed by atoms with E-state index in [2.05, 4.69) is 5.32 Å². The lowest BCUT2D eigenvalue weighted by Crippen LogP contribution is -2.43. The maximum atomic E-state index is 12.2. The minimum Gasteiger partial charge on any atom is -0.322 e. The number of hydrogen-bond donors (Lipinski definition) is 1. The van der Waals surface area contributed by atoms with Crippen molar-refractivity contribution in [3.8, 4) is 0 Å². The van der Waals surface area contributed by atoms with Crippen LogP contribution in [-0.4, -0.2) is 48.5 Å². The van der Waals surface area contributed by atoms with Crippen molar-refractivity contribution >= 4 is 15.7 Å². The Bertz CT molecular complexity index is 441. The Morgan fingerprint density at radius 1 is 1.44 bits per heavy atom. The quantitative estimate of drug-likeness (QED) is 0.674. The Kier molecular flexibility index (Phi) is 1.96. The summed E-state index contributed by atoms with van der Waals surface area (Å²) in [5.41, 5.74) is -0.328. The lowest BCUT2D eigenvalue weighted by atomic mass is 10.2. The zero-order valence-corrected chi connectivity index (χ0v) is 10.1. The molecule has 1 spiro atoms. The van der Waals surface area contributed by atoms with Gasteiger partial charge in [-0.2, -0.15) is 0 Å². The molecule has 2 atom stereocenters. The zero-order valence-electron chi connectivity index (χ0n) is 9.27. The van der Waals surface area contributed by atoms with Gasteiger partial charge in [0, 0.05) is 6.04 Å². The molecule has 1 N–H and O–H groups in total. The predicted molar refractivity (Wildman–Crippen MR) is 58.5 cm³/mol. The summed E-state index contributed by atoms with van der Waals surface area (Å²) >= 11 is 0. The molecule has 2 saturated heterocycles. The van der Waals surface area contributed by atoms with Crippen LogP contribution in [0.1, 0.15) is 26.2 Å². The highest BCUT2D eigenvalue weighted by Gasteiger charge is 2.59. The molecule has 1 aliphatic carbocycles. The molecule has 0 aromatic rings. The van der Waals surface area contributed by atoms with Gasteiger partial charge in [0.25, 0.3) is 0 Å². The normalized spacial score (nSPS) is 39.6. The van der Waals surface area contributed by atoms with Crippen molar-refractivity contribution in [1.82, 2.24) is 10.2 Å². The molecule has 90 valence electrons. The lowest BCUT2D eigenvalue weighted by molar-refractivity contribution is -0.132. The lowest BCUT2D eigenvalue weighted by Gasteiger charge is -2.26. The number of nitrogens with one attached hydrogen (secondary N) is 1. The summed E-state index contributed by atoms with van der Waals surface area (Å²) in [6.07, 6.45) is 2.36. The second-order valence-corrected chi connectivity index (χ2v) is 7.40. The summed E-state index contributed by atoms with van der Waals surface area (Å²) in [7, 11) is -2.92. The fourth-order valence-electron chi connectivity index (χ4n) is 2.91. The third-order valence-electron chi connectivity index (χ3n) is 3.90. The maximum Gasteiger partial charge on any atom is 0.244 e. The first-order chi connectivity index (χ1) is 7.44. The minimum absolute atomic E-state index is 0.0201. The van der Waals surface area contributed by atoms with Gasteiger partial charge < -0.3 is 4.90 Å². The number of nitrogens with zero attached hydrogens (tertiary/aromatic N) is 1. The number of carbonyl (C=O) groups is 1. The van der Waals surface area contributed by atoms with E-state index in [4.69, 9.17) is 0 Å². The number of carbonyl (C=O) groups excluding carboxylic acids is 1. The summed E-state index contributed by atoms with van der Waals surface area (Å²) in [4.78, 5) is 13.9. The van der Waals surface area contributed by atoms with Crippen LogP contribution in [0.15, 0.2) is 0 Å². The first kappa shape index (κ1) is 10.5. The van der Waals surface area contributed by atoms with Crippen LogP contribution in [0.2, 0.25) is 0 Å². The standard InChI is InChI=1S/C10H16N2O3S/c1-7-11-10(3-4-10)9(13)12(7)8-2-5-16(14,15)6-8/h7-8,11H,2-6H2,1H3. The molecule has 1 saturated carbocycles. The Hall–Kier alpha value is -0.620. The summed E-state index contributed by atoms with van der Waals surface area (Å²) in [6, 6.07) is -0.111. The van der Waals surface area contributed by atoms with Gasteiger partial charge in [-0.1, -0.05) is 0 Å². The molecule has 5 nitrogen and oxygen atoms in total. The molecular formula is C10H16N2O3S. The van der Waals surface area contributed by atoms with Crippen molar-refractivity contribution in [2.45, 2.75) is 43.9 Å². The van der Waals surface area contributed by atoms with Gasteiger partial charge in [-0.15, -0.1) is 0 Å². The highest BCUT2D eigenvalue weighted by molar-refractivity contribution is 7.91. The fraction of sp³-hybridized carbons (Fsp3) is 0.900. The van der Waals surface area contributed by atoms with E-state index in [0.717, 1.165) is 12.8 Å². The maximum absolute atomic E-state index is 12.2. The molecule has 16 heavy (non-hydrogen) atoms. The van der Waals surface area contributed by atoms with Gasteiger partial charge in [-0.05, 0) is 26.2 Å². The molecule has 0 aromatic heterocycles. The number of rotatable bonds is 1. The van der Waals surface area contributed by atoms with Gasteiger partial charge in [0.05, 0.1) is 23.2 Å². The average molecular weight is 244 g/mol. The largest absolute Gasteiger partial charge is 0.322 e. The Morgan fingerprint density at radius 2 is 2.12 bits per heavy atom. The van der Waals surface area contributed by atoms with Crippen molar-refractivity contribution < 1.29 is 13.2 Å². The predicted octanol–water partition coefficient (Wildman–Crippen LogP) is -0.516. The van der Waals surface area contributed by atoms with Crippen LogP contribution in [0.5, 0.6) is 0 Å². The molecule has 6 heteroatoms. The zero-order chi connectivity index (χ0) is 11.6. The van der Waals surface area contributed by atoms with E-state index in [1.54, 1.807) is 4.90 Å². The van der Waals surface area contributed by atoms with Crippen molar-refractivity contribution in [2.24, 2.45) is 0 Å². The van der Waals surface area contributed by atoms with Crippen LogP contribution < -0.4 is 5.32 Å². The van der Waals surface area contributed by atoms with Crippen LogP contribution in [0, 0.1) is 0 Å². The van der Waals surface area contributed by atoms with Crippen molar-refractivity contribution in [1.29, 1.82) is 0 Å². The SMILES string of the molecule is CC1NC2(CC2)C(=O)N1C1CCS(=O)(=O)C1. The van der Waals surface area contributed by atoms with Gasteiger partial charge in [0.2, 0.25) is 5.91 Å². The molecular weight excluding hydrogens is 228 g/mol. The second kappa shape index (κ2) is 2.98. The number of sulfone groups is 1. The highest BCUT2D eigenvalue weighted by atomic mass is 32.2. The smallest absolute Gasteiger partial charge is 0.244 e. The second-order valence-electron chi connectivity index (χ2n) is 5.17. The van der Waals surface area contributed by atoms with Crippen molar-refractivity contribution in [2.75, 3.05) is 11.5 Å². The van der Waals surface area contributed by atoms with Crippen LogP contribution >= 0.6 is 0 Å². The first-order valence-corrected chi connectivity index (χ1v) is 7.57. The molecule has 1 amide bonds. The summed E-state index contributed by atoms with van der Waals surface area (Å²) in [5, 5.41) is 3.29. The van der Waals surface area contributed by atoms with Gasteiger partial charge in [-0.25, -0.2) is 8.42 Å². The van der Waals surface area contributed by atoms with Gasteiger partial charge in [0.1, 0.15) is 0 Å². The third-order valence-corrected chi connectivity index (χ3v) is 5.65. The van der Waals surface area contributed by atoms with Crippen LogP contribution in [-0.2, 0) is 14.6 Å². The topological polar surface area (TPSA) is 66.5 Å². The van der Waals surface area contributed by atoms with E-state index in [1.807, 2.05) is 6.92 Å². The van der Waals surface area contributed by atoms with E-state index in [0.29, 0.717) is 6.42 Å². The number of amides is 1. The molecule has 3 aliphatic rings. The molecule has 0 bridgehead atoms. The van der Waals surface area contributed by atoms with E-state index in [1.165, 1.54) is 0 Å². The summed E-state index contributed by atoms with van der Waals surface area (Å²) < 4.78 is 22.9. The molecule has 2 heterocycles. The van der Waals surface area contributed by atoms with E-state index in [-0.39, 0.29) is 35.2 Å². The molecule has 2 aliphatic heterocycles. The monoisotopic (exact) mass is 244 g/mol. The Morgan fingerprint density at radius 3 is 2.56 bits per heavy atom. The summed E-state index contributed by atoms with van der Waals surface area (Å²) in [5.74, 6) is 0.476. The van der Waals surface area contributed by atoms with Gasteiger partial charge in [0.15, 0.2) is 9.84 Å². The molecule has 0 radical (unpaired) electrons. The highest BCUT2D eigenvalue weighted by Crippen LogP contribution is 2.43. The summed E-state index contributed by atoms with van der Waals surface area (Å²) in [6.45, 7) is 1.94. The molecule has 2 unspecified atom stereocenters. The van der Waals surface area contributed by atoms with Crippen LogP contribution in [0.4, 0.5) is 0 Å². The molecule has 3 rings (SSSR count). The van der Waals surface area contributed by atoms with E-state index in [9.17, 15) is 13.2 Å². The van der Waals surface area contributed by atoms with Crippen LogP contribution in [0.25, 0.3) is 0 Å². The Balaban J connectivity index is 1.83. The number of hydrogen-bond acceptors (Lipinski definition) is 4. The van der Waals surface area contributed by atoms with E-state index < -0.39 is 9.84 Å². The minimum atomic E-state index is -2.92. The van der Waals surface area contributed by atoms with Gasteiger partial charge in [-0.3, -0.25) is 10.1 Å². The van der Waals surface area contributed by atoms with Crippen LogP contribution in [0.3, 0.4) is 0 Å². The Labute approximate surface area is 95.1 Å². The van der Waals surface area contributed by atoms with Crippen molar-refractivity contribution in [3.63, 3.8) is 0 Å². The fourth-order valence-corrected chi connectivity index (χ4v) is 4.63. The average Bonchev–Trinajstić information content (AvgIpc) is 2.80. The van der Waals surface area contributed by atoms with E-state index >= 15 is 0 Å². The van der Waals surface area contributed by atoms with Gasteiger partial charge >= 0.3 is 0 Å². The first-order valence-electron chi connectivity index (χ1n) is 5.74. The van der Waals surface area contributed by atoms with Crippen molar-refractivity contribution in [3.05, 3.63) is 0 Å². The molecule has 0 aromatic carbocycles. The molecule has 3 fully saturated rings.